The molecule has 0 aliphatic heterocycles. The monoisotopic (exact) mass is 300 g/mol. The normalized spacial score (nSPS) is 10.7. The molecule has 0 saturated carbocycles. The second kappa shape index (κ2) is 5.06. The number of nitrogens with zero attached hydrogens (tertiary/aromatic N) is 2. The van der Waals surface area contributed by atoms with Crippen molar-refractivity contribution >= 4 is 11.5 Å². The van der Waals surface area contributed by atoms with Gasteiger partial charge in [-0.15, -0.1) is 0 Å². The summed E-state index contributed by atoms with van der Waals surface area (Å²) in [7, 11) is 0. The quantitative estimate of drug-likeness (QED) is 0.632. The number of rotatable bonds is 2. The first-order valence-electron chi connectivity index (χ1n) is 6.20. The fourth-order valence-electron chi connectivity index (χ4n) is 1.86. The molecule has 1 aromatic heterocycles. The highest BCUT2D eigenvalue weighted by atomic mass is 32.1. The third-order valence-electron chi connectivity index (χ3n) is 3.12. The Morgan fingerprint density at radius 3 is 2.29 bits per heavy atom. The molecule has 3 N–H and O–H groups in total. The van der Waals surface area contributed by atoms with Crippen molar-refractivity contribution in [2.45, 2.75) is 6.92 Å². The molecule has 0 atom stereocenters. The zero-order valence-corrected chi connectivity index (χ0v) is 11.9. The molecule has 1 heterocycles. The van der Waals surface area contributed by atoms with E-state index in [1.54, 1.807) is 12.1 Å². The predicted molar refractivity (Wildman–Crippen MR) is 80.5 cm³/mol. The van der Waals surface area contributed by atoms with Gasteiger partial charge in [0.15, 0.2) is 17.3 Å². The highest BCUT2D eigenvalue weighted by molar-refractivity contribution is 7.09. The molecule has 0 saturated heterocycles. The van der Waals surface area contributed by atoms with Crippen molar-refractivity contribution < 1.29 is 15.3 Å². The van der Waals surface area contributed by atoms with Gasteiger partial charge in [-0.2, -0.15) is 4.37 Å². The third-order valence-corrected chi connectivity index (χ3v) is 3.88. The summed E-state index contributed by atoms with van der Waals surface area (Å²) in [4.78, 5) is 4.40. The zero-order valence-electron chi connectivity index (χ0n) is 11.1. The van der Waals surface area contributed by atoms with Gasteiger partial charge in [-0.05, 0) is 48.3 Å². The molecule has 3 rings (SSSR count). The molecule has 2 aromatic carbocycles. The van der Waals surface area contributed by atoms with Crippen LogP contribution in [0.3, 0.4) is 0 Å². The lowest BCUT2D eigenvalue weighted by atomic mass is 10.1. The standard InChI is InChI=1S/C15H12N2O3S/c1-8-2-3-10(7-12(8)19)15-16-14(17-21-15)9-4-5-11(18)13(20)6-9/h2-7,18-20H,1H3. The molecule has 0 unspecified atom stereocenters. The first-order chi connectivity index (χ1) is 10.0. The largest absolute Gasteiger partial charge is 0.508 e. The maximum Gasteiger partial charge on any atom is 0.173 e. The molecule has 3 aromatic rings. The van der Waals surface area contributed by atoms with Crippen LogP contribution < -0.4 is 0 Å². The summed E-state index contributed by atoms with van der Waals surface area (Å²) >= 11 is 1.21. The number of aryl methyl sites for hydroxylation is 1. The Morgan fingerprint density at radius 1 is 0.857 bits per heavy atom. The van der Waals surface area contributed by atoms with Crippen LogP contribution in [0.15, 0.2) is 36.4 Å². The molecule has 0 aliphatic carbocycles. The average molecular weight is 300 g/mol. The van der Waals surface area contributed by atoms with Crippen molar-refractivity contribution in [3.8, 4) is 39.2 Å². The van der Waals surface area contributed by atoms with Gasteiger partial charge in [0.25, 0.3) is 0 Å². The van der Waals surface area contributed by atoms with Crippen LogP contribution in [-0.2, 0) is 0 Å². The summed E-state index contributed by atoms with van der Waals surface area (Å²) in [5.74, 6) is 0.284. The van der Waals surface area contributed by atoms with Crippen LogP contribution in [0, 0.1) is 6.92 Å². The molecule has 21 heavy (non-hydrogen) atoms. The van der Waals surface area contributed by atoms with Gasteiger partial charge in [0.2, 0.25) is 0 Å². The molecule has 0 bridgehead atoms. The minimum absolute atomic E-state index is 0.183. The van der Waals surface area contributed by atoms with E-state index in [0.29, 0.717) is 16.4 Å². The summed E-state index contributed by atoms with van der Waals surface area (Å²) in [6.07, 6.45) is 0. The lowest BCUT2D eigenvalue weighted by Gasteiger charge is -2.01. The molecular weight excluding hydrogens is 288 g/mol. The maximum atomic E-state index is 9.75. The number of phenolic OH excluding ortho intramolecular Hbond substituents is 3. The topological polar surface area (TPSA) is 86.5 Å². The first-order valence-corrected chi connectivity index (χ1v) is 6.98. The molecule has 106 valence electrons. The Balaban J connectivity index is 1.99. The van der Waals surface area contributed by atoms with Crippen LogP contribution >= 0.6 is 11.5 Å². The van der Waals surface area contributed by atoms with E-state index in [1.165, 1.54) is 23.7 Å². The van der Waals surface area contributed by atoms with Gasteiger partial charge in [0.1, 0.15) is 10.8 Å². The summed E-state index contributed by atoms with van der Waals surface area (Å²) < 4.78 is 4.24. The van der Waals surface area contributed by atoms with Crippen LogP contribution in [0.2, 0.25) is 0 Å². The second-order valence-electron chi connectivity index (χ2n) is 4.63. The van der Waals surface area contributed by atoms with E-state index >= 15 is 0 Å². The van der Waals surface area contributed by atoms with E-state index < -0.39 is 0 Å². The fourth-order valence-corrected chi connectivity index (χ4v) is 2.54. The van der Waals surface area contributed by atoms with E-state index in [9.17, 15) is 15.3 Å². The van der Waals surface area contributed by atoms with Crippen molar-refractivity contribution in [3.05, 3.63) is 42.0 Å². The maximum absolute atomic E-state index is 9.75. The Bertz CT molecular complexity index is 748. The van der Waals surface area contributed by atoms with Gasteiger partial charge < -0.3 is 15.3 Å². The van der Waals surface area contributed by atoms with Gasteiger partial charge >= 0.3 is 0 Å². The number of benzene rings is 2. The van der Waals surface area contributed by atoms with Gasteiger partial charge in [-0.25, -0.2) is 4.98 Å². The van der Waals surface area contributed by atoms with E-state index in [-0.39, 0.29) is 17.2 Å². The number of phenols is 3. The van der Waals surface area contributed by atoms with Gasteiger partial charge in [0.05, 0.1) is 0 Å². The Kier molecular flexibility index (Phi) is 3.23. The molecule has 5 nitrogen and oxygen atoms in total. The van der Waals surface area contributed by atoms with Crippen LogP contribution in [-0.4, -0.2) is 24.7 Å². The van der Waals surface area contributed by atoms with Crippen molar-refractivity contribution in [1.29, 1.82) is 0 Å². The highest BCUT2D eigenvalue weighted by Gasteiger charge is 2.11. The molecule has 0 aliphatic rings. The van der Waals surface area contributed by atoms with Crippen molar-refractivity contribution in [2.24, 2.45) is 0 Å². The number of hydrogen-bond acceptors (Lipinski definition) is 6. The smallest absolute Gasteiger partial charge is 0.173 e. The molecule has 0 spiro atoms. The minimum Gasteiger partial charge on any atom is -0.508 e. The SMILES string of the molecule is Cc1ccc(-c2nc(-c3ccc(O)c(O)c3)ns2)cc1O. The summed E-state index contributed by atoms with van der Waals surface area (Å²) in [5, 5.41) is 29.3. The van der Waals surface area contributed by atoms with Crippen LogP contribution in [0.1, 0.15) is 5.56 Å². The van der Waals surface area contributed by atoms with Gasteiger partial charge in [-0.3, -0.25) is 0 Å². The van der Waals surface area contributed by atoms with E-state index in [0.717, 1.165) is 11.1 Å². The van der Waals surface area contributed by atoms with Crippen molar-refractivity contribution in [2.75, 3.05) is 0 Å². The Morgan fingerprint density at radius 2 is 1.57 bits per heavy atom. The number of aromatic hydroxyl groups is 3. The average Bonchev–Trinajstić information content (AvgIpc) is 2.94. The summed E-state index contributed by atoms with van der Waals surface area (Å²) in [5.41, 5.74) is 2.20. The Labute approximate surface area is 125 Å². The third kappa shape index (κ3) is 2.53. The van der Waals surface area contributed by atoms with Crippen LogP contribution in [0.4, 0.5) is 0 Å². The highest BCUT2D eigenvalue weighted by Crippen LogP contribution is 2.32. The van der Waals surface area contributed by atoms with Gasteiger partial charge in [-0.1, -0.05) is 12.1 Å². The van der Waals surface area contributed by atoms with E-state index in [4.69, 9.17) is 0 Å². The molecule has 0 radical (unpaired) electrons. The first kappa shape index (κ1) is 13.4. The lowest BCUT2D eigenvalue weighted by molar-refractivity contribution is 0.404. The fraction of sp³-hybridized carbons (Fsp3) is 0.0667. The van der Waals surface area contributed by atoms with E-state index in [2.05, 4.69) is 9.36 Å². The number of aromatic nitrogens is 2. The molecule has 0 amide bonds. The zero-order chi connectivity index (χ0) is 15.0. The van der Waals surface area contributed by atoms with E-state index in [1.807, 2.05) is 19.1 Å². The predicted octanol–water partition coefficient (Wildman–Crippen LogP) is 3.30. The number of hydrogen-bond donors (Lipinski definition) is 3. The van der Waals surface area contributed by atoms with Gasteiger partial charge in [0, 0.05) is 11.1 Å². The van der Waals surface area contributed by atoms with Crippen molar-refractivity contribution in [3.63, 3.8) is 0 Å². The van der Waals surface area contributed by atoms with Crippen molar-refractivity contribution in [1.82, 2.24) is 9.36 Å². The van der Waals surface area contributed by atoms with Crippen LogP contribution in [0.5, 0.6) is 17.2 Å². The van der Waals surface area contributed by atoms with Crippen LogP contribution in [0.25, 0.3) is 22.0 Å². The molecule has 6 heteroatoms. The molecular formula is C15H12N2O3S. The Hall–Kier alpha value is -2.60. The lowest BCUT2D eigenvalue weighted by Crippen LogP contribution is -1.82. The second-order valence-corrected chi connectivity index (χ2v) is 5.38. The molecule has 0 fully saturated rings. The summed E-state index contributed by atoms with van der Waals surface area (Å²) in [6, 6.07) is 9.77. The minimum atomic E-state index is -0.211. The summed E-state index contributed by atoms with van der Waals surface area (Å²) in [6.45, 7) is 1.82.